The molecule has 0 unspecified atom stereocenters. The smallest absolute Gasteiger partial charge is 0.410 e. The van der Waals surface area contributed by atoms with E-state index >= 15 is 0 Å². The van der Waals surface area contributed by atoms with Crippen LogP contribution in [-0.4, -0.2) is 72.9 Å². The first kappa shape index (κ1) is 30.5. The Labute approximate surface area is 239 Å². The molecule has 17 heteroatoms. The number of hydrogen-bond acceptors (Lipinski definition) is 5. The van der Waals surface area contributed by atoms with Gasteiger partial charge in [0.05, 0.1) is 36.4 Å². The van der Waals surface area contributed by atoms with Crippen molar-refractivity contribution in [3.05, 3.63) is 41.6 Å². The lowest BCUT2D eigenvalue weighted by molar-refractivity contribution is -0.149. The highest BCUT2D eigenvalue weighted by atomic mass is 19.4. The van der Waals surface area contributed by atoms with Crippen molar-refractivity contribution in [2.75, 3.05) is 6.54 Å². The number of aromatic nitrogens is 3. The van der Waals surface area contributed by atoms with E-state index in [4.69, 9.17) is 10.5 Å². The Kier molecular flexibility index (Phi) is 7.79. The van der Waals surface area contributed by atoms with Gasteiger partial charge >= 0.3 is 12.2 Å². The zero-order valence-electron chi connectivity index (χ0n) is 22.5. The van der Waals surface area contributed by atoms with Gasteiger partial charge in [-0.2, -0.15) is 18.3 Å². The molecule has 1 aliphatic heterocycles. The number of nitrogens with one attached hydrogen (secondary N) is 3. The van der Waals surface area contributed by atoms with Crippen molar-refractivity contribution in [2.24, 2.45) is 11.8 Å². The summed E-state index contributed by atoms with van der Waals surface area (Å²) >= 11 is 0. The Morgan fingerprint density at radius 3 is 2.47 bits per heavy atom. The zero-order chi connectivity index (χ0) is 31.3. The molecule has 0 aromatic carbocycles. The maximum absolute atomic E-state index is 14.0. The van der Waals surface area contributed by atoms with Gasteiger partial charge in [-0.05, 0) is 30.4 Å². The molecular weight excluding hydrogens is 591 g/mol. The number of rotatable bonds is 8. The Hall–Kier alpha value is -3.92. The molecule has 234 valence electrons. The minimum atomic E-state index is -4.61. The van der Waals surface area contributed by atoms with Crippen molar-refractivity contribution < 1.29 is 45.4 Å². The van der Waals surface area contributed by atoms with Crippen LogP contribution in [0, 0.1) is 17.2 Å². The fourth-order valence-electron chi connectivity index (χ4n) is 5.70. The van der Waals surface area contributed by atoms with Crippen molar-refractivity contribution in [1.29, 1.82) is 5.41 Å². The van der Waals surface area contributed by atoms with Gasteiger partial charge in [-0.15, -0.1) is 0 Å². The second kappa shape index (κ2) is 11.0. The van der Waals surface area contributed by atoms with Crippen molar-refractivity contribution in [2.45, 2.75) is 75.2 Å². The van der Waals surface area contributed by atoms with Crippen molar-refractivity contribution in [1.82, 2.24) is 30.1 Å². The van der Waals surface area contributed by atoms with Gasteiger partial charge < -0.3 is 26.0 Å². The largest absolute Gasteiger partial charge is 0.598 e. The van der Waals surface area contributed by atoms with Crippen molar-refractivity contribution in [3.63, 3.8) is 0 Å². The van der Waals surface area contributed by atoms with Crippen LogP contribution in [0.15, 0.2) is 30.3 Å². The van der Waals surface area contributed by atoms with Gasteiger partial charge in [0, 0.05) is 38.1 Å². The lowest BCUT2D eigenvalue weighted by Gasteiger charge is -2.36. The molecule has 2 atom stereocenters. The summed E-state index contributed by atoms with van der Waals surface area (Å²) in [6.07, 6.45) is -3.31. The average Bonchev–Trinajstić information content (AvgIpc) is 3.49. The molecule has 43 heavy (non-hydrogen) atoms. The van der Waals surface area contributed by atoms with E-state index in [2.05, 4.69) is 15.4 Å². The van der Waals surface area contributed by atoms with Crippen LogP contribution in [0.4, 0.5) is 35.5 Å². The number of carbonyl (C=O) groups is 2. The van der Waals surface area contributed by atoms with Gasteiger partial charge in [0.1, 0.15) is 11.6 Å². The minimum Gasteiger partial charge on any atom is -0.598 e. The molecule has 2 aromatic rings. The topological polar surface area (TPSA) is 138 Å². The highest BCUT2D eigenvalue weighted by molar-refractivity contribution is 6.21. The standard InChI is InChI=1S/C26H28F7N7O3/c27-24(28)3-1-14(2-4-24)21(38-22(42)16(12-41)20(34)15-6-25(29,30)7-15)17-10-40-19(36-17)5-13(8-35-40)9-39-11-18(26(31,32)33)37-23(39)43/h5,8,10,12,14-15,18,21,34,41H,1-4,6-7,9,11H2,(H,37,43)(H,38,42)/p+1/b16-12+,34-20?/t18-,21-/m0/s1. The summed E-state index contributed by atoms with van der Waals surface area (Å²) in [6, 6.07) is -2.37. The number of urea groups is 1. The number of hydrogen-bond donors (Lipinski definition) is 3. The molecule has 2 aromatic heterocycles. The Bertz CT molecular complexity index is 1440. The molecule has 0 radical (unpaired) electrons. The maximum atomic E-state index is 14.0. The maximum Gasteiger partial charge on any atom is 0.410 e. The number of carbonyl (C=O) groups excluding carboxylic acids is 2. The van der Waals surface area contributed by atoms with E-state index in [1.54, 1.807) is 0 Å². The van der Waals surface area contributed by atoms with Crippen LogP contribution in [0.25, 0.3) is 5.65 Å². The second-order valence-electron chi connectivity index (χ2n) is 11.3. The van der Waals surface area contributed by atoms with Crippen molar-refractivity contribution >= 4 is 23.3 Å². The molecule has 10 nitrogen and oxygen atoms in total. The summed E-state index contributed by atoms with van der Waals surface area (Å²) in [5, 5.41) is 24.6. The molecule has 0 bridgehead atoms. The summed E-state index contributed by atoms with van der Waals surface area (Å²) in [6.45, 7) is -0.783. The number of amides is 3. The molecule has 3 fully saturated rings. The third kappa shape index (κ3) is 6.54. The molecule has 5 rings (SSSR count). The third-order valence-electron chi connectivity index (χ3n) is 8.17. The molecule has 1 saturated heterocycles. The first-order valence-electron chi connectivity index (χ1n) is 13.5. The first-order chi connectivity index (χ1) is 20.0. The molecule has 2 saturated carbocycles. The fraction of sp³-hybridized carbons (Fsp3) is 0.577. The van der Waals surface area contributed by atoms with E-state index in [9.17, 15) is 40.3 Å². The molecule has 0 spiro atoms. The van der Waals surface area contributed by atoms with Gasteiger partial charge in [-0.25, -0.2) is 31.9 Å². The fourth-order valence-corrected chi connectivity index (χ4v) is 5.70. The highest BCUT2D eigenvalue weighted by Crippen LogP contribution is 2.44. The van der Waals surface area contributed by atoms with Crippen LogP contribution in [0.1, 0.15) is 55.8 Å². The predicted molar refractivity (Wildman–Crippen MR) is 137 cm³/mol. The zero-order valence-corrected chi connectivity index (χ0v) is 22.5. The van der Waals surface area contributed by atoms with E-state index in [1.165, 1.54) is 23.0 Å². The van der Waals surface area contributed by atoms with Gasteiger partial charge in [-0.3, -0.25) is 4.79 Å². The number of halogens is 7. The first-order valence-corrected chi connectivity index (χ1v) is 13.5. The summed E-state index contributed by atoms with van der Waals surface area (Å²) in [5.74, 6) is -8.14. The number of nitrogens with zero attached hydrogens (tertiary/aromatic N) is 4. The molecular formula is C26H29F7N7O3+. The number of fused-ring (bicyclic) bond motifs is 1. The molecule has 3 aliphatic rings. The van der Waals surface area contributed by atoms with E-state index in [1.807, 2.05) is 5.32 Å². The Morgan fingerprint density at radius 1 is 1.21 bits per heavy atom. The average molecular weight is 621 g/mol. The minimum absolute atomic E-state index is 0.0150. The molecule has 3 amide bonds. The van der Waals surface area contributed by atoms with E-state index < -0.39 is 97.4 Å². The summed E-state index contributed by atoms with van der Waals surface area (Å²) in [7, 11) is 0. The predicted octanol–water partition coefficient (Wildman–Crippen LogP) is 3.84. The van der Waals surface area contributed by atoms with E-state index in [-0.39, 0.29) is 30.7 Å². The van der Waals surface area contributed by atoms with Crippen molar-refractivity contribution in [3.8, 4) is 0 Å². The lowest BCUT2D eigenvalue weighted by Crippen LogP contribution is -2.44. The van der Waals surface area contributed by atoms with Crippen LogP contribution < -0.4 is 10.6 Å². The van der Waals surface area contributed by atoms with Gasteiger partial charge in [0.2, 0.25) is 18.1 Å². The van der Waals surface area contributed by atoms with E-state index in [0.717, 1.165) is 4.90 Å². The normalized spacial score (nSPS) is 23.6. The molecule has 3 heterocycles. The van der Waals surface area contributed by atoms with Crippen LogP contribution >= 0.6 is 0 Å². The molecule has 2 aliphatic carbocycles. The van der Waals surface area contributed by atoms with Crippen LogP contribution in [0.5, 0.6) is 0 Å². The van der Waals surface area contributed by atoms with Crippen LogP contribution in [0.2, 0.25) is 0 Å². The summed E-state index contributed by atoms with van der Waals surface area (Å²) in [4.78, 5) is 30.7. The Balaban J connectivity index is 1.37. The highest BCUT2D eigenvalue weighted by Gasteiger charge is 2.49. The van der Waals surface area contributed by atoms with Gasteiger partial charge in [0.15, 0.2) is 5.65 Å². The quantitative estimate of drug-likeness (QED) is 0.136. The second-order valence-corrected chi connectivity index (χ2v) is 11.3. The summed E-state index contributed by atoms with van der Waals surface area (Å²) < 4.78 is 95.1. The summed E-state index contributed by atoms with van der Waals surface area (Å²) in [5.41, 5.74) is -0.0363. The number of imidazole rings is 1. The van der Waals surface area contributed by atoms with Gasteiger partial charge in [-0.1, -0.05) is 0 Å². The molecule has 5 N–H and O–H groups in total. The Morgan fingerprint density at radius 2 is 1.88 bits per heavy atom. The number of alkyl halides is 7. The van der Waals surface area contributed by atoms with Gasteiger partial charge in [0.25, 0.3) is 5.91 Å². The van der Waals surface area contributed by atoms with Crippen LogP contribution in [-0.2, 0) is 11.3 Å². The third-order valence-corrected chi connectivity index (χ3v) is 8.17. The monoisotopic (exact) mass is 620 g/mol. The lowest BCUT2D eigenvalue weighted by atomic mass is 9.76. The van der Waals surface area contributed by atoms with Crippen LogP contribution in [0.3, 0.4) is 0 Å². The SMILES string of the molecule is N=C(/C(=C\[OH2+])C(=O)N[C@H](c1cn2ncc(CN3C[C@@H](C(F)(F)F)NC3=O)cc2n1)C1CCC(F)(F)CC1)C1CC(F)(F)C1. The van der Waals surface area contributed by atoms with E-state index in [0.29, 0.717) is 11.8 Å².